The maximum atomic E-state index is 10.9. The highest BCUT2D eigenvalue weighted by atomic mass is 79.9. The van der Waals surface area contributed by atoms with Crippen LogP contribution in [-0.2, 0) is 29.1 Å². The Balaban J connectivity index is 1.92. The fourth-order valence-corrected chi connectivity index (χ4v) is 3.51. The van der Waals surface area contributed by atoms with E-state index in [0.717, 1.165) is 41.7 Å². The second kappa shape index (κ2) is 7.40. The normalized spacial score (nSPS) is 22.4. The zero-order valence-corrected chi connectivity index (χ0v) is 14.2. The first-order valence-electron chi connectivity index (χ1n) is 7.65. The molecule has 5 nitrogen and oxygen atoms in total. The fourth-order valence-electron chi connectivity index (χ4n) is 2.83. The predicted octanol–water partition coefficient (Wildman–Crippen LogP) is 3.39. The van der Waals surface area contributed by atoms with Crippen LogP contribution in [0, 0.1) is 5.92 Å². The minimum Gasteiger partial charge on any atom is -0.481 e. The first-order valence-corrected chi connectivity index (χ1v) is 8.44. The van der Waals surface area contributed by atoms with Crippen LogP contribution < -0.4 is 0 Å². The molecule has 1 N–H and O–H groups in total. The molecule has 0 aliphatic heterocycles. The lowest BCUT2D eigenvalue weighted by atomic mass is 9.87. The molecule has 2 rings (SSSR count). The Kier molecular flexibility index (Phi) is 5.81. The lowest BCUT2D eigenvalue weighted by Crippen LogP contribution is -2.26. The molecular weight excluding hydrogens is 336 g/mol. The van der Waals surface area contributed by atoms with Crippen molar-refractivity contribution < 1.29 is 14.6 Å². The molecule has 0 amide bonds. The quantitative estimate of drug-likeness (QED) is 0.846. The van der Waals surface area contributed by atoms with Gasteiger partial charge in [0.2, 0.25) is 0 Å². The van der Waals surface area contributed by atoms with E-state index in [1.54, 1.807) is 0 Å². The number of carboxylic acid groups (broad SMARTS) is 1. The van der Waals surface area contributed by atoms with Crippen molar-refractivity contribution in [3.05, 3.63) is 15.9 Å². The smallest absolute Gasteiger partial charge is 0.306 e. The summed E-state index contributed by atoms with van der Waals surface area (Å²) < 4.78 is 9.02. The Bertz CT molecular complexity index is 493. The number of hydrogen-bond donors (Lipinski definition) is 1. The summed E-state index contributed by atoms with van der Waals surface area (Å²) in [5.41, 5.74) is 2.14. The number of rotatable bonds is 6. The van der Waals surface area contributed by atoms with E-state index in [1.807, 2.05) is 4.68 Å². The van der Waals surface area contributed by atoms with E-state index in [1.165, 1.54) is 0 Å². The van der Waals surface area contributed by atoms with E-state index in [2.05, 4.69) is 34.9 Å². The van der Waals surface area contributed by atoms with Crippen molar-refractivity contribution in [2.75, 3.05) is 0 Å². The van der Waals surface area contributed by atoms with Gasteiger partial charge in [0.25, 0.3) is 0 Å². The molecular formula is C15H23BrN2O3. The number of aliphatic carboxylic acids is 1. The zero-order chi connectivity index (χ0) is 15.4. The average molecular weight is 359 g/mol. The summed E-state index contributed by atoms with van der Waals surface area (Å²) >= 11 is 3.62. The van der Waals surface area contributed by atoms with Gasteiger partial charge in [0.05, 0.1) is 34.5 Å². The summed E-state index contributed by atoms with van der Waals surface area (Å²) in [5, 5.41) is 13.6. The van der Waals surface area contributed by atoms with E-state index in [0.29, 0.717) is 19.4 Å². The number of nitrogens with zero attached hydrogens (tertiary/aromatic N) is 2. The Hall–Kier alpha value is -0.880. The van der Waals surface area contributed by atoms with Gasteiger partial charge in [-0.05, 0) is 55.0 Å². The topological polar surface area (TPSA) is 64.4 Å². The van der Waals surface area contributed by atoms with Crippen molar-refractivity contribution in [3.8, 4) is 0 Å². The molecule has 1 aromatic heterocycles. The Morgan fingerprint density at radius 3 is 2.57 bits per heavy atom. The molecule has 0 bridgehead atoms. The van der Waals surface area contributed by atoms with Crippen LogP contribution in [0.15, 0.2) is 4.47 Å². The second-order valence-electron chi connectivity index (χ2n) is 5.50. The van der Waals surface area contributed by atoms with Gasteiger partial charge in [-0.2, -0.15) is 5.10 Å². The fraction of sp³-hybridized carbons (Fsp3) is 0.733. The molecule has 0 radical (unpaired) electrons. The van der Waals surface area contributed by atoms with Gasteiger partial charge in [-0.1, -0.05) is 6.92 Å². The molecule has 1 aliphatic rings. The molecule has 0 spiro atoms. The third-order valence-corrected chi connectivity index (χ3v) is 5.09. The first kappa shape index (κ1) is 16.5. The molecule has 0 aromatic carbocycles. The summed E-state index contributed by atoms with van der Waals surface area (Å²) in [6, 6.07) is 0. The summed E-state index contributed by atoms with van der Waals surface area (Å²) in [6.45, 7) is 5.51. The van der Waals surface area contributed by atoms with Crippen molar-refractivity contribution in [2.24, 2.45) is 5.92 Å². The van der Waals surface area contributed by atoms with E-state index >= 15 is 0 Å². The monoisotopic (exact) mass is 358 g/mol. The highest BCUT2D eigenvalue weighted by Crippen LogP contribution is 2.28. The van der Waals surface area contributed by atoms with E-state index < -0.39 is 5.97 Å². The number of hydrogen-bond acceptors (Lipinski definition) is 3. The molecule has 0 saturated heterocycles. The summed E-state index contributed by atoms with van der Waals surface area (Å²) in [6.07, 6.45) is 4.15. The molecule has 118 valence electrons. The zero-order valence-electron chi connectivity index (χ0n) is 12.6. The van der Waals surface area contributed by atoms with Crippen LogP contribution in [0.25, 0.3) is 0 Å². The van der Waals surface area contributed by atoms with E-state index in [9.17, 15) is 4.79 Å². The lowest BCUT2D eigenvalue weighted by Gasteiger charge is -2.26. The van der Waals surface area contributed by atoms with Gasteiger partial charge < -0.3 is 9.84 Å². The molecule has 1 fully saturated rings. The number of carbonyl (C=O) groups is 1. The molecule has 1 aromatic rings. The van der Waals surface area contributed by atoms with Gasteiger partial charge >= 0.3 is 5.97 Å². The Labute approximate surface area is 133 Å². The van der Waals surface area contributed by atoms with Crippen LogP contribution >= 0.6 is 15.9 Å². The molecule has 6 heteroatoms. The third kappa shape index (κ3) is 3.86. The number of carboxylic acids is 1. The summed E-state index contributed by atoms with van der Waals surface area (Å²) in [7, 11) is 0. The molecule has 1 heterocycles. The van der Waals surface area contributed by atoms with Crippen molar-refractivity contribution >= 4 is 21.9 Å². The molecule has 0 atom stereocenters. The molecule has 1 aliphatic carbocycles. The van der Waals surface area contributed by atoms with Crippen LogP contribution in [0.2, 0.25) is 0 Å². The molecule has 21 heavy (non-hydrogen) atoms. The van der Waals surface area contributed by atoms with Crippen molar-refractivity contribution in [3.63, 3.8) is 0 Å². The SMILES string of the molecule is CCc1nn(CC)c(COC2CCC(C(=O)O)CC2)c1Br. The minimum absolute atomic E-state index is 0.165. The van der Waals surface area contributed by atoms with E-state index in [4.69, 9.17) is 9.84 Å². The maximum Gasteiger partial charge on any atom is 0.306 e. The highest BCUT2D eigenvalue weighted by Gasteiger charge is 2.26. The van der Waals surface area contributed by atoms with Crippen molar-refractivity contribution in [1.29, 1.82) is 0 Å². The van der Waals surface area contributed by atoms with Gasteiger partial charge in [0.1, 0.15) is 0 Å². The average Bonchev–Trinajstić information content (AvgIpc) is 2.81. The van der Waals surface area contributed by atoms with Crippen LogP contribution in [0.3, 0.4) is 0 Å². The Morgan fingerprint density at radius 2 is 2.05 bits per heavy atom. The third-order valence-electron chi connectivity index (χ3n) is 4.17. The van der Waals surface area contributed by atoms with E-state index in [-0.39, 0.29) is 12.0 Å². The number of ether oxygens (including phenoxy) is 1. The van der Waals surface area contributed by atoms with Gasteiger partial charge in [0.15, 0.2) is 0 Å². The predicted molar refractivity (Wildman–Crippen MR) is 83.1 cm³/mol. The van der Waals surface area contributed by atoms with Crippen LogP contribution in [-0.4, -0.2) is 27.0 Å². The van der Waals surface area contributed by atoms with Crippen LogP contribution in [0.1, 0.15) is 50.9 Å². The van der Waals surface area contributed by atoms with Gasteiger partial charge in [-0.25, -0.2) is 0 Å². The van der Waals surface area contributed by atoms with Crippen molar-refractivity contribution in [2.45, 2.75) is 65.2 Å². The standard InChI is InChI=1S/C15H23BrN2O3/c1-3-12-14(16)13(18(4-2)17-12)9-21-11-7-5-10(6-8-11)15(19)20/h10-11H,3-9H2,1-2H3,(H,19,20). The van der Waals surface area contributed by atoms with Gasteiger partial charge in [-0.3, -0.25) is 9.48 Å². The summed E-state index contributed by atoms with van der Waals surface area (Å²) in [4.78, 5) is 10.9. The Morgan fingerprint density at radius 1 is 1.38 bits per heavy atom. The second-order valence-corrected chi connectivity index (χ2v) is 6.29. The number of halogens is 1. The summed E-state index contributed by atoms with van der Waals surface area (Å²) in [5.74, 6) is -0.864. The minimum atomic E-state index is -0.673. The first-order chi connectivity index (χ1) is 10.1. The van der Waals surface area contributed by atoms with Crippen LogP contribution in [0.4, 0.5) is 0 Å². The largest absolute Gasteiger partial charge is 0.481 e. The highest BCUT2D eigenvalue weighted by molar-refractivity contribution is 9.10. The molecule has 1 saturated carbocycles. The van der Waals surface area contributed by atoms with Crippen molar-refractivity contribution in [1.82, 2.24) is 9.78 Å². The number of aromatic nitrogens is 2. The lowest BCUT2D eigenvalue weighted by molar-refractivity contribution is -0.143. The van der Waals surface area contributed by atoms with Crippen LogP contribution in [0.5, 0.6) is 0 Å². The van der Waals surface area contributed by atoms with Gasteiger partial charge in [0, 0.05) is 6.54 Å². The molecule has 0 unspecified atom stereocenters. The van der Waals surface area contributed by atoms with Gasteiger partial charge in [-0.15, -0.1) is 0 Å². The maximum absolute atomic E-state index is 10.9. The number of aryl methyl sites for hydroxylation is 2.